The van der Waals surface area contributed by atoms with Gasteiger partial charge >= 0.3 is 0 Å². The maximum Gasteiger partial charge on any atom is 0.236 e. The van der Waals surface area contributed by atoms with Gasteiger partial charge in [-0.15, -0.1) is 0 Å². The van der Waals surface area contributed by atoms with E-state index >= 15 is 0 Å². The predicted molar refractivity (Wildman–Crippen MR) is 113 cm³/mol. The number of hydrogen-bond acceptors (Lipinski definition) is 4. The predicted octanol–water partition coefficient (Wildman–Crippen LogP) is 2.95. The molecule has 0 radical (unpaired) electrons. The smallest absolute Gasteiger partial charge is 0.236 e. The standard InChI is InChI=1S/C20H28Cl2N4O2/c21-16-4-5-17(22)18(14-16)23-19(27)6-9-24-10-12-25(13-11-24)15-20(28)26-7-2-1-3-8-26/h4-5,14H,1-3,6-13,15H2,(H,23,27). The third-order valence-corrected chi connectivity index (χ3v) is 5.95. The Hall–Kier alpha value is -1.34. The number of benzene rings is 1. The second-order valence-electron chi connectivity index (χ2n) is 7.48. The number of likely N-dealkylation sites (tertiary alicyclic amines) is 1. The van der Waals surface area contributed by atoms with Crippen molar-refractivity contribution in [3.05, 3.63) is 28.2 Å². The van der Waals surface area contributed by atoms with Crippen molar-refractivity contribution in [2.45, 2.75) is 25.7 Å². The molecule has 0 aliphatic carbocycles. The van der Waals surface area contributed by atoms with Gasteiger partial charge in [-0.25, -0.2) is 0 Å². The molecule has 2 fully saturated rings. The zero-order valence-corrected chi connectivity index (χ0v) is 17.6. The van der Waals surface area contributed by atoms with Crippen molar-refractivity contribution in [3.63, 3.8) is 0 Å². The number of anilines is 1. The van der Waals surface area contributed by atoms with E-state index in [1.54, 1.807) is 18.2 Å². The number of piperazine rings is 1. The fourth-order valence-corrected chi connectivity index (χ4v) is 4.01. The van der Waals surface area contributed by atoms with Gasteiger partial charge in [0, 0.05) is 57.3 Å². The van der Waals surface area contributed by atoms with Crippen molar-refractivity contribution < 1.29 is 9.59 Å². The molecule has 1 aromatic rings. The minimum absolute atomic E-state index is 0.0770. The Morgan fingerprint density at radius 2 is 1.61 bits per heavy atom. The number of amides is 2. The van der Waals surface area contributed by atoms with Crippen LogP contribution in [0.15, 0.2) is 18.2 Å². The number of rotatable bonds is 6. The Kier molecular flexibility index (Phi) is 7.97. The molecule has 2 saturated heterocycles. The summed E-state index contributed by atoms with van der Waals surface area (Å²) in [4.78, 5) is 31.1. The van der Waals surface area contributed by atoms with Gasteiger partial charge in [0.05, 0.1) is 17.3 Å². The largest absolute Gasteiger partial charge is 0.342 e. The van der Waals surface area contributed by atoms with E-state index in [-0.39, 0.29) is 11.8 Å². The molecule has 1 N–H and O–H groups in total. The molecular weight excluding hydrogens is 399 g/mol. The minimum Gasteiger partial charge on any atom is -0.342 e. The van der Waals surface area contributed by atoms with Crippen molar-refractivity contribution in [3.8, 4) is 0 Å². The van der Waals surface area contributed by atoms with E-state index in [1.165, 1.54) is 6.42 Å². The van der Waals surface area contributed by atoms with Gasteiger partial charge in [0.2, 0.25) is 11.8 Å². The first-order chi connectivity index (χ1) is 13.5. The Bertz CT molecular complexity index is 687. The first-order valence-electron chi connectivity index (χ1n) is 9.98. The van der Waals surface area contributed by atoms with E-state index in [0.29, 0.717) is 35.2 Å². The summed E-state index contributed by atoms with van der Waals surface area (Å²) in [5.41, 5.74) is 0.542. The van der Waals surface area contributed by atoms with E-state index < -0.39 is 0 Å². The summed E-state index contributed by atoms with van der Waals surface area (Å²) in [5.74, 6) is 0.179. The zero-order valence-electron chi connectivity index (χ0n) is 16.1. The topological polar surface area (TPSA) is 55.9 Å². The van der Waals surface area contributed by atoms with Crippen molar-refractivity contribution in [1.82, 2.24) is 14.7 Å². The lowest BCUT2D eigenvalue weighted by Crippen LogP contribution is -2.51. The van der Waals surface area contributed by atoms with Crippen LogP contribution in [0.5, 0.6) is 0 Å². The van der Waals surface area contributed by atoms with Gasteiger partial charge in [0.1, 0.15) is 0 Å². The van der Waals surface area contributed by atoms with Crippen LogP contribution >= 0.6 is 23.2 Å². The number of hydrogen-bond donors (Lipinski definition) is 1. The Morgan fingerprint density at radius 3 is 2.32 bits per heavy atom. The molecule has 2 aliphatic rings. The summed E-state index contributed by atoms with van der Waals surface area (Å²) in [5, 5.41) is 3.83. The van der Waals surface area contributed by atoms with Gasteiger partial charge in [-0.05, 0) is 37.5 Å². The van der Waals surface area contributed by atoms with Crippen LogP contribution in [0.2, 0.25) is 10.0 Å². The number of carbonyl (C=O) groups is 2. The Morgan fingerprint density at radius 1 is 0.929 bits per heavy atom. The van der Waals surface area contributed by atoms with Gasteiger partial charge < -0.3 is 15.1 Å². The highest BCUT2D eigenvalue weighted by molar-refractivity contribution is 6.35. The number of piperidine rings is 1. The third kappa shape index (κ3) is 6.34. The average Bonchev–Trinajstić information content (AvgIpc) is 2.71. The van der Waals surface area contributed by atoms with Crippen LogP contribution in [0, 0.1) is 0 Å². The molecule has 0 aromatic heterocycles. The fraction of sp³-hybridized carbons (Fsp3) is 0.600. The fourth-order valence-electron chi connectivity index (χ4n) is 3.67. The van der Waals surface area contributed by atoms with Crippen molar-refractivity contribution in [2.75, 3.05) is 57.7 Å². The van der Waals surface area contributed by atoms with Crippen LogP contribution in [-0.4, -0.2) is 78.9 Å². The highest BCUT2D eigenvalue weighted by atomic mass is 35.5. The monoisotopic (exact) mass is 426 g/mol. The second-order valence-corrected chi connectivity index (χ2v) is 8.33. The molecule has 6 nitrogen and oxygen atoms in total. The molecule has 2 amide bonds. The molecule has 28 heavy (non-hydrogen) atoms. The molecule has 3 rings (SSSR count). The van der Waals surface area contributed by atoms with Crippen LogP contribution in [-0.2, 0) is 9.59 Å². The van der Waals surface area contributed by atoms with E-state index in [1.807, 2.05) is 4.90 Å². The number of carbonyl (C=O) groups excluding carboxylic acids is 2. The number of halogens is 2. The third-order valence-electron chi connectivity index (χ3n) is 5.39. The zero-order chi connectivity index (χ0) is 19.9. The van der Waals surface area contributed by atoms with Gasteiger partial charge in [-0.3, -0.25) is 14.5 Å². The highest BCUT2D eigenvalue weighted by Gasteiger charge is 2.23. The lowest BCUT2D eigenvalue weighted by Gasteiger charge is -2.36. The summed E-state index contributed by atoms with van der Waals surface area (Å²) in [7, 11) is 0. The Labute approximate surface area is 176 Å². The summed E-state index contributed by atoms with van der Waals surface area (Å²) < 4.78 is 0. The van der Waals surface area contributed by atoms with Gasteiger partial charge in [0.15, 0.2) is 0 Å². The molecule has 0 unspecified atom stereocenters. The van der Waals surface area contributed by atoms with Crippen LogP contribution in [0.1, 0.15) is 25.7 Å². The highest BCUT2D eigenvalue weighted by Crippen LogP contribution is 2.25. The second kappa shape index (κ2) is 10.4. The molecule has 1 aromatic carbocycles. The summed E-state index contributed by atoms with van der Waals surface area (Å²) >= 11 is 12.0. The first-order valence-corrected chi connectivity index (χ1v) is 10.7. The molecule has 0 bridgehead atoms. The van der Waals surface area contributed by atoms with Crippen molar-refractivity contribution >= 4 is 40.7 Å². The minimum atomic E-state index is -0.0770. The van der Waals surface area contributed by atoms with E-state index in [2.05, 4.69) is 15.1 Å². The normalized spacial score (nSPS) is 18.9. The summed E-state index contributed by atoms with van der Waals surface area (Å²) in [6.07, 6.45) is 3.89. The number of nitrogens with zero attached hydrogens (tertiary/aromatic N) is 3. The summed E-state index contributed by atoms with van der Waals surface area (Å²) in [6.45, 7) is 6.49. The maximum absolute atomic E-state index is 12.4. The SMILES string of the molecule is O=C(CCN1CCN(CC(=O)N2CCCCC2)CC1)Nc1cc(Cl)ccc1Cl. The molecular formula is C20H28Cl2N4O2. The molecule has 0 saturated carbocycles. The molecule has 154 valence electrons. The van der Waals surface area contributed by atoms with Gasteiger partial charge in [0.25, 0.3) is 0 Å². The van der Waals surface area contributed by atoms with Crippen molar-refractivity contribution in [1.29, 1.82) is 0 Å². The van der Waals surface area contributed by atoms with E-state index in [0.717, 1.165) is 52.1 Å². The average molecular weight is 427 g/mol. The van der Waals surface area contributed by atoms with E-state index in [4.69, 9.17) is 23.2 Å². The van der Waals surface area contributed by atoms with E-state index in [9.17, 15) is 9.59 Å². The van der Waals surface area contributed by atoms with Crippen molar-refractivity contribution in [2.24, 2.45) is 0 Å². The lowest BCUT2D eigenvalue weighted by atomic mass is 10.1. The maximum atomic E-state index is 12.4. The van der Waals surface area contributed by atoms with Crippen LogP contribution in [0.3, 0.4) is 0 Å². The lowest BCUT2D eigenvalue weighted by molar-refractivity contribution is -0.133. The number of nitrogens with one attached hydrogen (secondary N) is 1. The first kappa shape index (κ1) is 21.4. The molecule has 0 atom stereocenters. The van der Waals surface area contributed by atoms with Gasteiger partial charge in [-0.2, -0.15) is 0 Å². The quantitative estimate of drug-likeness (QED) is 0.759. The van der Waals surface area contributed by atoms with Crippen LogP contribution in [0.25, 0.3) is 0 Å². The Balaban J connectivity index is 1.35. The molecule has 2 aliphatic heterocycles. The van der Waals surface area contributed by atoms with Crippen LogP contribution < -0.4 is 5.32 Å². The summed E-state index contributed by atoms with van der Waals surface area (Å²) in [6, 6.07) is 5.01. The van der Waals surface area contributed by atoms with Crippen LogP contribution in [0.4, 0.5) is 5.69 Å². The molecule has 0 spiro atoms. The van der Waals surface area contributed by atoms with Gasteiger partial charge in [-0.1, -0.05) is 23.2 Å². The molecule has 2 heterocycles. The molecule has 8 heteroatoms.